The number of aromatic hydroxyl groups is 1. The minimum atomic E-state index is -0.172. The molecule has 0 aromatic heterocycles. The summed E-state index contributed by atoms with van der Waals surface area (Å²) in [6, 6.07) is 3.35. The quantitative estimate of drug-likeness (QED) is 0.581. The van der Waals surface area contributed by atoms with Gasteiger partial charge in [-0.2, -0.15) is 0 Å². The van der Waals surface area contributed by atoms with Crippen LogP contribution in [0, 0.1) is 17.8 Å². The number of esters is 1. The Labute approximate surface area is 200 Å². The van der Waals surface area contributed by atoms with Crippen LogP contribution >= 0.6 is 23.2 Å². The van der Waals surface area contributed by atoms with Crippen molar-refractivity contribution in [2.75, 3.05) is 39.3 Å². The maximum Gasteiger partial charge on any atom is 0.320 e. The summed E-state index contributed by atoms with van der Waals surface area (Å²) in [6.07, 6.45) is 4.83. The van der Waals surface area contributed by atoms with Gasteiger partial charge in [-0.05, 0) is 81.6 Å². The van der Waals surface area contributed by atoms with E-state index in [2.05, 4.69) is 4.90 Å². The van der Waals surface area contributed by atoms with Gasteiger partial charge in [-0.15, -0.1) is 0 Å². The van der Waals surface area contributed by atoms with E-state index >= 15 is 0 Å². The summed E-state index contributed by atoms with van der Waals surface area (Å²) in [5.41, 5.74) is 0.850. The SMILES string of the molecule is CCOC(=O)CN1CCC(C2CCN(C(=O)[C@H](C)Cc3cc(Cl)c(O)c(Cl)c3)CC2)CC1. The Morgan fingerprint density at radius 1 is 1.06 bits per heavy atom. The number of carbonyl (C=O) groups excluding carboxylic acids is 2. The zero-order valence-electron chi connectivity index (χ0n) is 19.0. The van der Waals surface area contributed by atoms with E-state index in [-0.39, 0.29) is 33.6 Å². The van der Waals surface area contributed by atoms with Gasteiger partial charge >= 0.3 is 5.97 Å². The molecule has 0 unspecified atom stereocenters. The lowest BCUT2D eigenvalue weighted by atomic mass is 9.78. The first-order chi connectivity index (χ1) is 15.3. The largest absolute Gasteiger partial charge is 0.505 e. The van der Waals surface area contributed by atoms with Crippen molar-refractivity contribution in [3.8, 4) is 5.75 Å². The lowest BCUT2D eigenvalue weighted by Crippen LogP contribution is -2.45. The van der Waals surface area contributed by atoms with E-state index in [0.29, 0.717) is 31.4 Å². The maximum atomic E-state index is 13.0. The monoisotopic (exact) mass is 484 g/mol. The number of rotatable bonds is 7. The van der Waals surface area contributed by atoms with Crippen LogP contribution in [0.15, 0.2) is 12.1 Å². The van der Waals surface area contributed by atoms with E-state index in [4.69, 9.17) is 27.9 Å². The van der Waals surface area contributed by atoms with Gasteiger partial charge in [0.1, 0.15) is 0 Å². The number of amides is 1. The number of hydrogen-bond donors (Lipinski definition) is 1. The van der Waals surface area contributed by atoms with Crippen LogP contribution in [0.2, 0.25) is 10.0 Å². The number of carbonyl (C=O) groups is 2. The van der Waals surface area contributed by atoms with Crippen molar-refractivity contribution >= 4 is 35.1 Å². The van der Waals surface area contributed by atoms with Crippen LogP contribution in [0.3, 0.4) is 0 Å². The Kier molecular flexibility index (Phi) is 9.09. The highest BCUT2D eigenvalue weighted by atomic mass is 35.5. The maximum absolute atomic E-state index is 13.0. The molecule has 2 aliphatic heterocycles. The van der Waals surface area contributed by atoms with E-state index in [1.165, 1.54) is 0 Å². The number of piperidine rings is 2. The van der Waals surface area contributed by atoms with Gasteiger partial charge in [-0.3, -0.25) is 14.5 Å². The summed E-state index contributed by atoms with van der Waals surface area (Å²) in [7, 11) is 0. The molecule has 0 radical (unpaired) electrons. The van der Waals surface area contributed by atoms with Crippen LogP contribution in [0.4, 0.5) is 0 Å². The molecule has 1 aromatic carbocycles. The number of ether oxygens (including phenoxy) is 1. The average Bonchev–Trinajstić information content (AvgIpc) is 2.77. The number of likely N-dealkylation sites (tertiary alicyclic amines) is 2. The van der Waals surface area contributed by atoms with Crippen molar-refractivity contribution in [2.24, 2.45) is 17.8 Å². The standard InChI is InChI=1S/C24H34Cl2N2O4/c1-3-32-22(29)15-27-8-4-18(5-9-27)19-6-10-28(11-7-19)24(31)16(2)12-17-13-20(25)23(30)21(26)14-17/h13-14,16,18-19,30H,3-12,15H2,1-2H3/t16-/m1/s1. The molecular formula is C24H34Cl2N2O4. The first-order valence-electron chi connectivity index (χ1n) is 11.6. The zero-order chi connectivity index (χ0) is 23.3. The second-order valence-corrected chi connectivity index (χ2v) is 9.91. The number of hydrogen-bond acceptors (Lipinski definition) is 5. The molecular weight excluding hydrogens is 451 g/mol. The molecule has 3 rings (SSSR count). The highest BCUT2D eigenvalue weighted by Gasteiger charge is 2.32. The van der Waals surface area contributed by atoms with Crippen LogP contribution < -0.4 is 0 Å². The molecule has 1 aromatic rings. The summed E-state index contributed by atoms with van der Waals surface area (Å²) in [5.74, 6) is 1.05. The predicted molar refractivity (Wildman–Crippen MR) is 126 cm³/mol. The molecule has 1 atom stereocenters. The van der Waals surface area contributed by atoms with Crippen molar-refractivity contribution in [3.63, 3.8) is 0 Å². The molecule has 0 spiro atoms. The summed E-state index contributed by atoms with van der Waals surface area (Å²) < 4.78 is 5.05. The predicted octanol–water partition coefficient (Wildman–Crippen LogP) is 4.39. The average molecular weight is 485 g/mol. The van der Waals surface area contributed by atoms with Crippen molar-refractivity contribution in [1.29, 1.82) is 0 Å². The summed E-state index contributed by atoms with van der Waals surface area (Å²) in [6.45, 7) is 8.07. The van der Waals surface area contributed by atoms with Crippen LogP contribution in [0.5, 0.6) is 5.75 Å². The molecule has 178 valence electrons. The molecule has 2 fully saturated rings. The number of benzene rings is 1. The van der Waals surface area contributed by atoms with E-state index in [9.17, 15) is 14.7 Å². The molecule has 2 aliphatic rings. The van der Waals surface area contributed by atoms with E-state index in [1.807, 2.05) is 18.7 Å². The molecule has 2 saturated heterocycles. The van der Waals surface area contributed by atoms with Gasteiger partial charge in [-0.1, -0.05) is 30.1 Å². The summed E-state index contributed by atoms with van der Waals surface area (Å²) in [4.78, 5) is 28.8. The minimum Gasteiger partial charge on any atom is -0.505 e. The topological polar surface area (TPSA) is 70.1 Å². The van der Waals surface area contributed by atoms with Gasteiger partial charge in [0.25, 0.3) is 0 Å². The molecule has 0 aliphatic carbocycles. The Hall–Kier alpha value is -1.50. The molecule has 2 heterocycles. The van der Waals surface area contributed by atoms with Gasteiger partial charge in [-0.25, -0.2) is 0 Å². The fourth-order valence-electron chi connectivity index (χ4n) is 5.05. The van der Waals surface area contributed by atoms with Crippen LogP contribution in [0.25, 0.3) is 0 Å². The normalized spacial score (nSPS) is 19.7. The lowest BCUT2D eigenvalue weighted by Gasteiger charge is -2.40. The first-order valence-corrected chi connectivity index (χ1v) is 12.4. The highest BCUT2D eigenvalue weighted by molar-refractivity contribution is 6.37. The third-order valence-corrected chi connectivity index (χ3v) is 7.42. The van der Waals surface area contributed by atoms with Gasteiger partial charge in [0.05, 0.1) is 23.2 Å². The highest BCUT2D eigenvalue weighted by Crippen LogP contribution is 2.35. The third-order valence-electron chi connectivity index (χ3n) is 6.85. The third kappa shape index (κ3) is 6.52. The molecule has 1 amide bonds. The van der Waals surface area contributed by atoms with Gasteiger partial charge in [0, 0.05) is 19.0 Å². The zero-order valence-corrected chi connectivity index (χ0v) is 20.5. The van der Waals surface area contributed by atoms with Gasteiger partial charge < -0.3 is 14.7 Å². The van der Waals surface area contributed by atoms with Crippen LogP contribution in [-0.2, 0) is 20.7 Å². The molecule has 32 heavy (non-hydrogen) atoms. The van der Waals surface area contributed by atoms with Crippen molar-refractivity contribution in [1.82, 2.24) is 9.80 Å². The van der Waals surface area contributed by atoms with Gasteiger partial charge in [0.2, 0.25) is 5.91 Å². The second kappa shape index (κ2) is 11.6. The smallest absolute Gasteiger partial charge is 0.320 e. The lowest BCUT2D eigenvalue weighted by molar-refractivity contribution is -0.144. The molecule has 0 saturated carbocycles. The summed E-state index contributed by atoms with van der Waals surface area (Å²) in [5, 5.41) is 10.1. The fourth-order valence-corrected chi connectivity index (χ4v) is 5.58. The number of phenols is 1. The van der Waals surface area contributed by atoms with Crippen LogP contribution in [0.1, 0.15) is 45.1 Å². The van der Waals surface area contributed by atoms with Crippen molar-refractivity contribution < 1.29 is 19.4 Å². The van der Waals surface area contributed by atoms with Gasteiger partial charge in [0.15, 0.2) is 5.75 Å². The molecule has 6 nitrogen and oxygen atoms in total. The number of nitrogens with zero attached hydrogens (tertiary/aromatic N) is 2. The molecule has 8 heteroatoms. The van der Waals surface area contributed by atoms with Crippen molar-refractivity contribution in [3.05, 3.63) is 27.7 Å². The Morgan fingerprint density at radius 2 is 1.59 bits per heavy atom. The first kappa shape index (κ1) is 25.1. The van der Waals surface area contributed by atoms with Crippen molar-refractivity contribution in [2.45, 2.75) is 46.0 Å². The minimum absolute atomic E-state index is 0.120. The second-order valence-electron chi connectivity index (χ2n) is 9.09. The Balaban J connectivity index is 1.43. The molecule has 1 N–H and O–H groups in total. The summed E-state index contributed by atoms with van der Waals surface area (Å²) >= 11 is 12.0. The number of phenolic OH excluding ortho intramolecular Hbond substituents is 1. The Morgan fingerprint density at radius 3 is 2.12 bits per heavy atom. The number of halogens is 2. The van der Waals surface area contributed by atoms with E-state index < -0.39 is 0 Å². The van der Waals surface area contributed by atoms with E-state index in [0.717, 1.165) is 57.4 Å². The Bertz CT molecular complexity index is 780. The molecule has 0 bridgehead atoms. The van der Waals surface area contributed by atoms with Crippen LogP contribution in [-0.4, -0.2) is 66.1 Å². The van der Waals surface area contributed by atoms with E-state index in [1.54, 1.807) is 12.1 Å². The fraction of sp³-hybridized carbons (Fsp3) is 0.667.